The molecule has 1 aromatic heterocycles. The number of rotatable bonds is 2. The number of amides is 1. The van der Waals surface area contributed by atoms with E-state index in [1.54, 1.807) is 6.20 Å². The molecule has 5 nitrogen and oxygen atoms in total. The maximum absolute atomic E-state index is 12.8. The van der Waals surface area contributed by atoms with Crippen LogP contribution >= 0.6 is 0 Å². The van der Waals surface area contributed by atoms with Gasteiger partial charge in [0.05, 0.1) is 23.5 Å². The van der Waals surface area contributed by atoms with E-state index < -0.39 is 0 Å². The van der Waals surface area contributed by atoms with Gasteiger partial charge < -0.3 is 9.64 Å². The van der Waals surface area contributed by atoms with Crippen LogP contribution in [0.5, 0.6) is 0 Å². The van der Waals surface area contributed by atoms with Crippen molar-refractivity contribution in [3.63, 3.8) is 0 Å². The van der Waals surface area contributed by atoms with Gasteiger partial charge in [-0.3, -0.25) is 4.79 Å². The highest BCUT2D eigenvalue weighted by molar-refractivity contribution is 5.95. The van der Waals surface area contributed by atoms with Crippen LogP contribution in [0.25, 0.3) is 0 Å². The number of nitrogens with zero attached hydrogens (tertiary/aromatic N) is 3. The molecule has 0 unspecified atom stereocenters. The number of carbonyl (C=O) groups excluding carboxylic acids is 1. The van der Waals surface area contributed by atoms with Crippen molar-refractivity contribution in [2.45, 2.75) is 51.7 Å². The lowest BCUT2D eigenvalue weighted by molar-refractivity contribution is 0.0593. The molecule has 4 rings (SSSR count). The van der Waals surface area contributed by atoms with Crippen molar-refractivity contribution < 1.29 is 9.53 Å². The molecule has 5 heteroatoms. The molecule has 4 heterocycles. The van der Waals surface area contributed by atoms with Gasteiger partial charge in [-0.15, -0.1) is 0 Å². The summed E-state index contributed by atoms with van der Waals surface area (Å²) in [6, 6.07) is 0. The smallest absolute Gasteiger partial charge is 0.257 e. The highest BCUT2D eigenvalue weighted by atomic mass is 16.5. The monoisotopic (exact) mass is 301 g/mol. The number of ether oxygens (including phenoxy) is 1. The van der Waals surface area contributed by atoms with Crippen molar-refractivity contribution in [2.75, 3.05) is 13.1 Å². The Hall–Kier alpha value is -1.49. The van der Waals surface area contributed by atoms with Crippen LogP contribution in [0, 0.1) is 18.8 Å². The molecule has 0 N–H and O–H groups in total. The minimum Gasteiger partial charge on any atom is -0.374 e. The van der Waals surface area contributed by atoms with E-state index in [4.69, 9.17) is 4.74 Å². The fourth-order valence-electron chi connectivity index (χ4n) is 4.27. The Labute approximate surface area is 131 Å². The fourth-order valence-corrected chi connectivity index (χ4v) is 4.27. The number of hydrogen-bond donors (Lipinski definition) is 0. The maximum atomic E-state index is 12.8. The van der Waals surface area contributed by atoms with Gasteiger partial charge in [-0.2, -0.15) is 0 Å². The number of aromatic nitrogens is 2. The molecule has 3 aliphatic rings. The molecule has 1 aromatic rings. The Morgan fingerprint density at radius 3 is 2.45 bits per heavy atom. The molecule has 22 heavy (non-hydrogen) atoms. The van der Waals surface area contributed by atoms with Crippen molar-refractivity contribution >= 4 is 5.91 Å². The fraction of sp³-hybridized carbons (Fsp3) is 0.706. The molecule has 4 atom stereocenters. The van der Waals surface area contributed by atoms with E-state index in [-0.39, 0.29) is 11.8 Å². The third-order valence-corrected chi connectivity index (χ3v) is 5.48. The van der Waals surface area contributed by atoms with Gasteiger partial charge in [-0.05, 0) is 19.8 Å². The number of carbonyl (C=O) groups is 1. The van der Waals surface area contributed by atoms with E-state index in [9.17, 15) is 4.79 Å². The molecule has 0 spiro atoms. The molecule has 1 amide bonds. The minimum atomic E-state index is 0.0848. The molecule has 0 aliphatic carbocycles. The first kappa shape index (κ1) is 14.1. The third kappa shape index (κ3) is 2.06. The second kappa shape index (κ2) is 5.01. The summed E-state index contributed by atoms with van der Waals surface area (Å²) in [7, 11) is 0. The molecule has 0 radical (unpaired) electrons. The summed E-state index contributed by atoms with van der Waals surface area (Å²) in [6.07, 6.45) is 4.80. The normalized spacial score (nSPS) is 32.8. The summed E-state index contributed by atoms with van der Waals surface area (Å²) in [4.78, 5) is 23.7. The van der Waals surface area contributed by atoms with E-state index in [2.05, 4.69) is 23.8 Å². The topological polar surface area (TPSA) is 55.3 Å². The number of aryl methyl sites for hydroxylation is 1. The van der Waals surface area contributed by atoms with Crippen LogP contribution in [0.4, 0.5) is 0 Å². The summed E-state index contributed by atoms with van der Waals surface area (Å²) in [5.74, 6) is 2.25. The van der Waals surface area contributed by atoms with Crippen molar-refractivity contribution in [2.24, 2.45) is 11.8 Å². The quantitative estimate of drug-likeness (QED) is 0.840. The van der Waals surface area contributed by atoms with E-state index in [1.165, 1.54) is 12.8 Å². The van der Waals surface area contributed by atoms with Gasteiger partial charge in [0.15, 0.2) is 0 Å². The Balaban J connectivity index is 1.53. The average molecular weight is 301 g/mol. The summed E-state index contributed by atoms with van der Waals surface area (Å²) < 4.78 is 5.98. The van der Waals surface area contributed by atoms with Crippen molar-refractivity contribution in [1.82, 2.24) is 14.9 Å². The largest absolute Gasteiger partial charge is 0.374 e. The van der Waals surface area contributed by atoms with Crippen LogP contribution in [0.1, 0.15) is 54.5 Å². The van der Waals surface area contributed by atoms with Crippen LogP contribution < -0.4 is 0 Å². The Morgan fingerprint density at radius 2 is 1.91 bits per heavy atom. The summed E-state index contributed by atoms with van der Waals surface area (Å²) in [6.45, 7) is 7.69. The first-order valence-electron chi connectivity index (χ1n) is 8.33. The van der Waals surface area contributed by atoms with E-state index >= 15 is 0 Å². The standard InChI is InChI=1S/C17H23N3O2/c1-9(2)16-18-6-11(10(3)19-16)17(21)20-7-12-13(8-20)15-5-4-14(12)22-15/h6,9,12-15H,4-5,7-8H2,1-3H3/t12-,13+,14+,15-. The van der Waals surface area contributed by atoms with Crippen LogP contribution in [0.3, 0.4) is 0 Å². The average Bonchev–Trinajstić information content (AvgIpc) is 3.18. The first-order valence-corrected chi connectivity index (χ1v) is 8.33. The SMILES string of the molecule is Cc1nc(C(C)C)ncc1C(=O)N1C[C@@H]2[C@H](C1)[C@H]1CC[C@@H]2O1. The number of likely N-dealkylation sites (tertiary alicyclic amines) is 1. The van der Waals surface area contributed by atoms with Crippen LogP contribution in [-0.2, 0) is 4.74 Å². The molecule has 0 aromatic carbocycles. The molecule has 118 valence electrons. The zero-order valence-corrected chi connectivity index (χ0v) is 13.5. The van der Waals surface area contributed by atoms with E-state index in [1.807, 2.05) is 11.8 Å². The lowest BCUT2D eigenvalue weighted by Gasteiger charge is -2.19. The molecule has 3 fully saturated rings. The lowest BCUT2D eigenvalue weighted by atomic mass is 9.82. The highest BCUT2D eigenvalue weighted by Crippen LogP contribution is 2.47. The Bertz CT molecular complexity index is 598. The van der Waals surface area contributed by atoms with Crippen molar-refractivity contribution in [3.05, 3.63) is 23.3 Å². The van der Waals surface area contributed by atoms with Crippen molar-refractivity contribution in [1.29, 1.82) is 0 Å². The van der Waals surface area contributed by atoms with Crippen LogP contribution in [0.15, 0.2) is 6.20 Å². The Kier molecular flexibility index (Phi) is 3.22. The number of hydrogen-bond acceptors (Lipinski definition) is 4. The molecule has 3 saturated heterocycles. The van der Waals surface area contributed by atoms with Gasteiger partial charge in [0.1, 0.15) is 5.82 Å². The molecular weight excluding hydrogens is 278 g/mol. The van der Waals surface area contributed by atoms with E-state index in [0.29, 0.717) is 29.6 Å². The predicted molar refractivity (Wildman–Crippen MR) is 81.6 cm³/mol. The van der Waals surface area contributed by atoms with E-state index in [0.717, 1.165) is 24.6 Å². The number of fused-ring (bicyclic) bond motifs is 5. The first-order chi connectivity index (χ1) is 10.5. The minimum absolute atomic E-state index is 0.0848. The molecule has 3 aliphatic heterocycles. The van der Waals surface area contributed by atoms with Gasteiger partial charge in [-0.1, -0.05) is 13.8 Å². The maximum Gasteiger partial charge on any atom is 0.257 e. The summed E-state index contributed by atoms with van der Waals surface area (Å²) in [5, 5.41) is 0. The summed E-state index contributed by atoms with van der Waals surface area (Å²) >= 11 is 0. The van der Waals surface area contributed by atoms with Gasteiger partial charge in [0, 0.05) is 37.0 Å². The second-order valence-corrected chi connectivity index (χ2v) is 7.21. The third-order valence-electron chi connectivity index (χ3n) is 5.48. The zero-order valence-electron chi connectivity index (χ0n) is 13.5. The lowest BCUT2D eigenvalue weighted by Crippen LogP contribution is -2.32. The van der Waals surface area contributed by atoms with Gasteiger partial charge in [-0.25, -0.2) is 9.97 Å². The van der Waals surface area contributed by atoms with Gasteiger partial charge in [0.25, 0.3) is 5.91 Å². The van der Waals surface area contributed by atoms with Crippen LogP contribution in [0.2, 0.25) is 0 Å². The highest BCUT2D eigenvalue weighted by Gasteiger charge is 2.53. The molecule has 0 saturated carbocycles. The second-order valence-electron chi connectivity index (χ2n) is 7.21. The van der Waals surface area contributed by atoms with Gasteiger partial charge in [0.2, 0.25) is 0 Å². The van der Waals surface area contributed by atoms with Crippen LogP contribution in [-0.4, -0.2) is 46.1 Å². The molecular formula is C17H23N3O2. The Morgan fingerprint density at radius 1 is 1.27 bits per heavy atom. The van der Waals surface area contributed by atoms with Gasteiger partial charge >= 0.3 is 0 Å². The molecule has 2 bridgehead atoms. The predicted octanol–water partition coefficient (Wildman–Crippen LogP) is 2.16. The zero-order chi connectivity index (χ0) is 15.4. The summed E-state index contributed by atoms with van der Waals surface area (Å²) in [5.41, 5.74) is 1.44. The van der Waals surface area contributed by atoms with Crippen molar-refractivity contribution in [3.8, 4) is 0 Å².